The molecule has 12 atom stereocenters. The molecule has 3 fully saturated rings. The quantitative estimate of drug-likeness (QED) is 0.134. The zero-order valence-corrected chi connectivity index (χ0v) is 38.8. The first-order valence-corrected chi connectivity index (χ1v) is 22.3. The second kappa shape index (κ2) is 20.3. The summed E-state index contributed by atoms with van der Waals surface area (Å²) in [4.78, 5) is 68.4. The number of hydrogen-bond donors (Lipinski definition) is 3. The first-order valence-electron chi connectivity index (χ1n) is 22.3. The van der Waals surface area contributed by atoms with Gasteiger partial charge in [0.15, 0.2) is 18.2 Å². The Bertz CT molecular complexity index is 2180. The normalized spacial score (nSPS) is 34.1. The number of unbranched alkanes of at least 4 members (excludes halogenated alkanes) is 1. The van der Waals surface area contributed by atoms with Crippen LogP contribution in [-0.2, 0) is 45.5 Å². The number of halogens is 1. The van der Waals surface area contributed by atoms with Crippen molar-refractivity contribution in [2.75, 3.05) is 40.0 Å². The molecule has 3 aliphatic rings. The van der Waals surface area contributed by atoms with E-state index in [2.05, 4.69) is 25.6 Å². The highest BCUT2D eigenvalue weighted by molar-refractivity contribution is 6.07. The van der Waals surface area contributed by atoms with Crippen LogP contribution < -0.4 is 16.7 Å². The predicted molar refractivity (Wildman–Crippen MR) is 234 cm³/mol. The number of nitrogen functional groups attached to an aromatic ring is 1. The SMILES string of the molecule is CC[C@H]1OC(=O)[C@](C)(F)C(=O)C[C@@H](O[C@@H]2O[C@H](C)CC(N(C)C)C2O)[C@](C)(OC)C[C@@H](C)CN[C@H](C)[C@H]2N(CCCCn3cc(-c4ccccn4)nn3)C(=O)O[C@]12n1ccc(N)nc1=O. The summed E-state index contributed by atoms with van der Waals surface area (Å²) < 4.78 is 50.8. The maximum Gasteiger partial charge on any atom is 0.412 e. The maximum atomic E-state index is 17.1. The van der Waals surface area contributed by atoms with Gasteiger partial charge in [0.25, 0.3) is 11.4 Å². The van der Waals surface area contributed by atoms with Crippen LogP contribution in [0.2, 0.25) is 0 Å². The third-order valence-corrected chi connectivity index (χ3v) is 13.0. The van der Waals surface area contributed by atoms with Crippen LogP contribution >= 0.6 is 0 Å². The van der Waals surface area contributed by atoms with Gasteiger partial charge < -0.3 is 44.7 Å². The largest absolute Gasteiger partial charge is 0.453 e. The van der Waals surface area contributed by atoms with Crippen molar-refractivity contribution in [1.82, 2.24) is 44.6 Å². The second-order valence-electron chi connectivity index (χ2n) is 18.2. The number of aliphatic hydroxyl groups is 1. The fraction of sp³-hybridized carbons (Fsp3) is 0.682. The van der Waals surface area contributed by atoms with Gasteiger partial charge >= 0.3 is 17.8 Å². The van der Waals surface area contributed by atoms with E-state index < -0.39 is 83.6 Å². The van der Waals surface area contributed by atoms with Crippen molar-refractivity contribution in [2.45, 2.75) is 152 Å². The average molecular weight is 913 g/mol. The number of alkyl halides is 1. The lowest BCUT2D eigenvalue weighted by Crippen LogP contribution is -2.65. The molecule has 3 aromatic heterocycles. The standard InChI is InChI=1S/C44H65FN10O10/c1-10-33-44(55-20-16-35(46)49-40(55)59)37(54(41(60)65-44)19-14-13-18-53-25-30(50-51-53)29-15-11-12-17-47-29)28(4)48-24-26(2)23-42(5,61-9)34(22-32(56)43(6,45)39(58)64-33)63-38-36(57)31(52(7)8)21-27(3)62-38/h11-12,15-17,20,25-28,31,33-34,36-38,48,57H,10,13-14,18-19,21-24H2,1-9H3,(H2,46,49,59)/t26-,27-,28-,31?,33-,34-,36?,37-,38+,42-,43-,44-/m1/s1. The lowest BCUT2D eigenvalue weighted by Gasteiger charge is -2.45. The van der Waals surface area contributed by atoms with Crippen molar-refractivity contribution >= 4 is 23.7 Å². The highest BCUT2D eigenvalue weighted by Gasteiger charge is 2.64. The number of anilines is 1. The number of esters is 1. The number of pyridine rings is 1. The fourth-order valence-corrected chi connectivity index (χ4v) is 9.34. The minimum Gasteiger partial charge on any atom is -0.453 e. The Balaban J connectivity index is 1.36. The number of aromatic nitrogens is 6. The Labute approximate surface area is 378 Å². The smallest absolute Gasteiger partial charge is 0.412 e. The Kier molecular flexibility index (Phi) is 15.5. The number of Topliss-reactive ketones (excluding diaryl/α,β-unsaturated/α-hetero) is 1. The summed E-state index contributed by atoms with van der Waals surface area (Å²) in [6.45, 7) is 10.6. The zero-order valence-electron chi connectivity index (χ0n) is 38.8. The second-order valence-corrected chi connectivity index (χ2v) is 18.2. The molecular weight excluding hydrogens is 848 g/mol. The molecule has 0 aliphatic carbocycles. The van der Waals surface area contributed by atoms with Gasteiger partial charge in [-0.1, -0.05) is 25.1 Å². The van der Waals surface area contributed by atoms with Gasteiger partial charge in [0, 0.05) is 51.1 Å². The molecule has 4 N–H and O–H groups in total. The zero-order chi connectivity index (χ0) is 47.4. The van der Waals surface area contributed by atoms with Crippen molar-refractivity contribution in [2.24, 2.45) is 5.92 Å². The lowest BCUT2D eigenvalue weighted by atomic mass is 9.83. The van der Waals surface area contributed by atoms with Crippen LogP contribution in [0.15, 0.2) is 47.7 Å². The van der Waals surface area contributed by atoms with Crippen LogP contribution in [-0.4, -0.2) is 157 Å². The van der Waals surface area contributed by atoms with Crippen molar-refractivity contribution in [3.63, 3.8) is 0 Å². The maximum absolute atomic E-state index is 17.1. The number of carbonyl (C=O) groups is 3. The van der Waals surface area contributed by atoms with Crippen molar-refractivity contribution in [3.8, 4) is 11.4 Å². The molecule has 6 heterocycles. The molecule has 0 radical (unpaired) electrons. The van der Waals surface area contributed by atoms with E-state index in [0.29, 0.717) is 43.7 Å². The van der Waals surface area contributed by atoms with E-state index in [1.54, 1.807) is 30.9 Å². The van der Waals surface area contributed by atoms with Gasteiger partial charge in [0.1, 0.15) is 23.7 Å². The van der Waals surface area contributed by atoms with E-state index in [1.807, 2.05) is 58.0 Å². The number of nitrogens with one attached hydrogen (secondary N) is 1. The van der Waals surface area contributed by atoms with Crippen LogP contribution in [0.4, 0.5) is 15.0 Å². The number of fused-ring (bicyclic) bond motifs is 1. The van der Waals surface area contributed by atoms with Gasteiger partial charge in [-0.15, -0.1) is 5.10 Å². The van der Waals surface area contributed by atoms with Crippen molar-refractivity contribution in [1.29, 1.82) is 0 Å². The molecule has 1 amide bonds. The molecule has 65 heavy (non-hydrogen) atoms. The molecule has 21 heteroatoms. The number of ketones is 1. The lowest BCUT2D eigenvalue weighted by molar-refractivity contribution is -0.289. The predicted octanol–water partition coefficient (Wildman–Crippen LogP) is 2.68. The number of amides is 1. The number of hydrogen-bond acceptors (Lipinski definition) is 17. The summed E-state index contributed by atoms with van der Waals surface area (Å²) in [6.07, 6.45) is -0.566. The number of aliphatic hydroxyl groups excluding tert-OH is 1. The van der Waals surface area contributed by atoms with E-state index in [0.717, 1.165) is 11.5 Å². The van der Waals surface area contributed by atoms with Gasteiger partial charge in [0.05, 0.1) is 29.7 Å². The van der Waals surface area contributed by atoms with Gasteiger partial charge in [-0.05, 0) is 105 Å². The van der Waals surface area contributed by atoms with Crippen LogP contribution in [0, 0.1) is 5.92 Å². The number of aryl methyl sites for hydroxylation is 1. The number of nitrogens with two attached hydrogens (primary N) is 1. The van der Waals surface area contributed by atoms with Gasteiger partial charge in [-0.25, -0.2) is 18.8 Å². The minimum absolute atomic E-state index is 0.103. The molecule has 2 unspecified atom stereocenters. The molecule has 0 bridgehead atoms. The topological polar surface area (TPSA) is 241 Å². The highest BCUT2D eigenvalue weighted by Crippen LogP contribution is 2.43. The average Bonchev–Trinajstić information content (AvgIpc) is 3.86. The first-order chi connectivity index (χ1) is 30.7. The van der Waals surface area contributed by atoms with Crippen LogP contribution in [0.3, 0.4) is 0 Å². The van der Waals surface area contributed by atoms with E-state index in [4.69, 9.17) is 29.4 Å². The third kappa shape index (κ3) is 10.4. The van der Waals surface area contributed by atoms with Gasteiger partial charge in [-0.3, -0.25) is 23.9 Å². The Morgan fingerprint density at radius 1 is 1.08 bits per heavy atom. The number of cyclic esters (lactones) is 1. The molecule has 0 aromatic carbocycles. The molecule has 20 nitrogen and oxygen atoms in total. The Morgan fingerprint density at radius 2 is 1.82 bits per heavy atom. The molecule has 3 aromatic rings. The van der Waals surface area contributed by atoms with Crippen molar-refractivity contribution in [3.05, 3.63) is 53.3 Å². The third-order valence-electron chi connectivity index (χ3n) is 13.0. The number of carbonyl (C=O) groups excluding carboxylic acids is 3. The molecule has 3 saturated heterocycles. The van der Waals surface area contributed by atoms with E-state index >= 15 is 4.39 Å². The van der Waals surface area contributed by atoms with Crippen molar-refractivity contribution < 1.29 is 47.6 Å². The summed E-state index contributed by atoms with van der Waals surface area (Å²) >= 11 is 0. The number of nitrogens with zero attached hydrogens (tertiary/aromatic N) is 8. The molecule has 0 spiro atoms. The molecular formula is C44H65FN10O10. The summed E-state index contributed by atoms with van der Waals surface area (Å²) in [6, 6.07) is 4.71. The first kappa shape index (κ1) is 49.5. The fourth-order valence-electron chi connectivity index (χ4n) is 9.34. The number of likely N-dealkylation sites (N-methyl/N-ethyl adjacent to an activating group) is 1. The van der Waals surface area contributed by atoms with E-state index in [-0.39, 0.29) is 43.3 Å². The van der Waals surface area contributed by atoms with Crippen LogP contribution in [0.1, 0.15) is 80.1 Å². The van der Waals surface area contributed by atoms with Gasteiger partial charge in [-0.2, -0.15) is 4.98 Å². The molecule has 0 saturated carbocycles. The summed E-state index contributed by atoms with van der Waals surface area (Å²) in [7, 11) is 5.10. The van der Waals surface area contributed by atoms with Crippen LogP contribution in [0.5, 0.6) is 0 Å². The molecule has 6 rings (SSSR count). The number of rotatable bonds is 12. The summed E-state index contributed by atoms with van der Waals surface area (Å²) in [5, 5.41) is 23.4. The summed E-state index contributed by atoms with van der Waals surface area (Å²) in [5.74, 6) is -3.12. The van der Waals surface area contributed by atoms with Crippen LogP contribution in [0.25, 0.3) is 11.4 Å². The highest BCUT2D eigenvalue weighted by atomic mass is 19.1. The Hall–Kier alpha value is -4.93. The minimum atomic E-state index is -3.29. The molecule has 358 valence electrons. The van der Waals surface area contributed by atoms with Gasteiger partial charge in [0.2, 0.25) is 0 Å². The number of ether oxygens (including phenoxy) is 5. The molecule has 3 aliphatic heterocycles. The number of methoxy groups -OCH3 is 1. The summed E-state index contributed by atoms with van der Waals surface area (Å²) in [5.41, 5.74) is -0.426. The van der Waals surface area contributed by atoms with E-state index in [1.165, 1.54) is 24.3 Å². The van der Waals surface area contributed by atoms with E-state index in [9.17, 15) is 24.3 Å². The Morgan fingerprint density at radius 3 is 2.48 bits per heavy atom. The monoisotopic (exact) mass is 912 g/mol.